The molecule has 0 spiro atoms. The maximum Gasteiger partial charge on any atom is 0.289 e. The van der Waals surface area contributed by atoms with Crippen molar-refractivity contribution in [1.82, 2.24) is 72.3 Å². The summed E-state index contributed by atoms with van der Waals surface area (Å²) in [6.07, 6.45) is 8.50. The zero-order chi connectivity index (χ0) is 108. The van der Waals surface area contributed by atoms with Crippen molar-refractivity contribution in [3.05, 3.63) is 303 Å². The van der Waals surface area contributed by atoms with E-state index in [1.54, 1.807) is 25.3 Å². The van der Waals surface area contributed by atoms with Crippen molar-refractivity contribution in [2.75, 3.05) is 39.8 Å². The molecule has 6 aromatic heterocycles. The molecule has 5 amide bonds. The maximum absolute atomic E-state index is 14.3. The molecule has 0 fully saturated rings. The van der Waals surface area contributed by atoms with Crippen molar-refractivity contribution in [1.29, 1.82) is 0 Å². The van der Waals surface area contributed by atoms with Gasteiger partial charge >= 0.3 is 0 Å². The highest BCUT2D eigenvalue weighted by atomic mass is 35.5. The second-order valence-corrected chi connectivity index (χ2v) is 42.8. The van der Waals surface area contributed by atoms with Crippen LogP contribution in [0.3, 0.4) is 0 Å². The van der Waals surface area contributed by atoms with E-state index in [4.69, 9.17) is 98.7 Å². The minimum Gasteiger partial charge on any atom is -0.497 e. The lowest BCUT2D eigenvalue weighted by Crippen LogP contribution is -2.34. The van der Waals surface area contributed by atoms with Crippen LogP contribution in [0, 0.1) is 74.7 Å². The van der Waals surface area contributed by atoms with Crippen molar-refractivity contribution in [3.63, 3.8) is 0 Å². The summed E-state index contributed by atoms with van der Waals surface area (Å²) in [6.45, 7) is 48.6. The first-order valence-corrected chi connectivity index (χ1v) is 54.2. The Morgan fingerprint density at radius 1 is 0.349 bits per heavy atom. The average molecular weight is 2150 g/mol. The van der Waals surface area contributed by atoms with Gasteiger partial charge in [0, 0.05) is 113 Å². The molecule has 6 heterocycles. The van der Waals surface area contributed by atoms with E-state index in [2.05, 4.69) is 112 Å². The first-order valence-electron chi connectivity index (χ1n) is 52.0. The van der Waals surface area contributed by atoms with Gasteiger partial charge in [0.2, 0.25) is 5.91 Å². The Bertz CT molecular complexity index is 7060. The van der Waals surface area contributed by atoms with Gasteiger partial charge in [0.15, 0.2) is 17.4 Å². The van der Waals surface area contributed by atoms with Gasteiger partial charge in [-0.05, 0) is 278 Å². The molecule has 0 saturated carbocycles. The van der Waals surface area contributed by atoms with Crippen LogP contribution in [0.2, 0.25) is 30.1 Å². The summed E-state index contributed by atoms with van der Waals surface area (Å²) in [6, 6.07) is 52.3. The van der Waals surface area contributed by atoms with Crippen LogP contribution in [0.5, 0.6) is 5.75 Å². The third-order valence-electron chi connectivity index (χ3n) is 26.0. The van der Waals surface area contributed by atoms with Crippen LogP contribution in [-0.4, -0.2) is 142 Å². The fourth-order valence-corrected chi connectivity index (χ4v) is 18.4. The Labute approximate surface area is 905 Å². The molecular weight excluding hydrogens is 2010 g/mol. The van der Waals surface area contributed by atoms with Gasteiger partial charge in [0.05, 0.1) is 107 Å². The van der Waals surface area contributed by atoms with Gasteiger partial charge in [-0.2, -0.15) is 0 Å². The highest BCUT2D eigenvalue weighted by molar-refractivity contribution is 6.33. The molecule has 0 radical (unpaired) electrons. The van der Waals surface area contributed by atoms with Gasteiger partial charge in [-0.15, -0.1) is 0 Å². The van der Waals surface area contributed by atoms with Gasteiger partial charge in [-0.1, -0.05) is 203 Å². The summed E-state index contributed by atoms with van der Waals surface area (Å²) in [5, 5.41) is 3.88. The van der Waals surface area contributed by atoms with Gasteiger partial charge < -0.3 is 56.5 Å². The molecule has 15 aromatic rings. The SMILES string of the molecule is CCCn1c(CN(CCC(C)C)C(=O)Cc2cccc(OC)c2)nc2ccc(Cl)cc21.CCCn1c(CN(CCC(C)C)C(=O)c2cc(C)c(C)o2)nc2ccc(Cl)cc21.CCCn1c(CN(CCC(C)C)C(=O)c2cc(F)c(F)cc2F)nc2ccc(Cl)cc21.CCCn1c(CN(CCC(C)C)C(=O)c2ccc(C)c(Cl)c2)nc2ccc(Cl)cc21.CCn1c(CN(CCC(C)C)C(=O)c2ccc(C)c(Cl)c2)nc2ccccc21. The van der Waals surface area contributed by atoms with E-state index < -0.39 is 28.9 Å². The predicted octanol–water partition coefficient (Wildman–Crippen LogP) is 30.4. The number of hydrogen-bond acceptors (Lipinski definition) is 12. The number of aryl methyl sites for hydroxylation is 9. The minimum absolute atomic E-state index is 0.00254. The number of para-hydroxylation sites is 2. The van der Waals surface area contributed by atoms with Crippen molar-refractivity contribution >= 4 is 154 Å². The molecule has 0 N–H and O–H groups in total. The van der Waals surface area contributed by atoms with E-state index in [0.29, 0.717) is 173 Å². The van der Waals surface area contributed by atoms with Crippen molar-refractivity contribution in [3.8, 4) is 5.75 Å². The lowest BCUT2D eigenvalue weighted by molar-refractivity contribution is -0.131. The van der Waals surface area contributed by atoms with Gasteiger partial charge in [0.25, 0.3) is 23.6 Å². The summed E-state index contributed by atoms with van der Waals surface area (Å²) >= 11 is 37.4. The van der Waals surface area contributed by atoms with Crippen LogP contribution < -0.4 is 4.74 Å². The minimum atomic E-state index is -1.33. The third kappa shape index (κ3) is 32.2. The number of carbonyl (C=O) groups excluding carboxylic acids is 5. The number of aromatic nitrogens is 10. The fraction of sp³-hybridized carbons (Fsp3) is 0.424. The maximum atomic E-state index is 14.3. The highest BCUT2D eigenvalue weighted by Gasteiger charge is 2.30. The quantitative estimate of drug-likeness (QED) is 0.0327. The molecule has 0 aliphatic carbocycles. The Kier molecular flexibility index (Phi) is 44.1. The molecule has 0 unspecified atom stereocenters. The lowest BCUT2D eigenvalue weighted by Gasteiger charge is -2.24. The molecule has 0 atom stereocenters. The fourth-order valence-electron chi connectivity index (χ4n) is 17.4. The van der Waals surface area contributed by atoms with Crippen LogP contribution in [-0.2, 0) is 76.7 Å². The molecule has 0 aliphatic rings. The standard InChI is InChI=1S/C25H32ClN3O2.C24H29Cl2N3O.C23H25ClF3N3O.C23H30ClN3O2.C23H28ClN3O/c1-5-12-29-23-16-20(26)9-10-22(23)27-24(29)17-28(13-11-18(2)3)25(30)15-19-7-6-8-21(14-19)31-4;1-5-11-29-22-14-19(25)8-9-21(22)27-23(29)15-28(12-10-16(2)3)24(30)18-7-6-17(4)20(26)13-18;1-4-8-30-21-10-15(24)5-6-20(21)28-22(30)13-29(9-7-14(2)3)23(31)16-11-18(26)19(27)12-17(16)25;1-6-10-27-20-13-18(24)7-8-19(20)25-22(27)14-26(11-9-15(2)3)23(28)21-12-16(4)17(5)29-21;1-5-27-21-9-7-6-8-20(21)25-22(27)15-26(13-12-16(2)3)23(28)18-11-10-17(4)19(24)14-18/h6-10,14,16,18H,5,11-13,15,17H2,1-4H3;6-9,13-14,16H,5,10-12,15H2,1-4H3;5-6,10-12,14H,4,7-9,13H2,1-3H3;7-8,12-13,15H,6,9-11,14H2,1-5H3;6-11,14,16H,5,12-13,15H2,1-4H3. The van der Waals surface area contributed by atoms with Crippen molar-refractivity contribution in [2.24, 2.45) is 29.6 Å². The molecule has 0 aliphatic heterocycles. The number of rotatable bonds is 41. The molecule has 0 saturated heterocycles. The van der Waals surface area contributed by atoms with Crippen LogP contribution in [0.4, 0.5) is 13.2 Å². The highest BCUT2D eigenvalue weighted by Crippen LogP contribution is 2.33. The van der Waals surface area contributed by atoms with E-state index >= 15 is 0 Å². The summed E-state index contributed by atoms with van der Waals surface area (Å²) in [5.41, 5.74) is 14.0. The first-order chi connectivity index (χ1) is 71.1. The number of hydrogen-bond donors (Lipinski definition) is 0. The van der Waals surface area contributed by atoms with Crippen molar-refractivity contribution in [2.45, 2.75) is 261 Å². The first kappa shape index (κ1) is 118. The largest absolute Gasteiger partial charge is 0.497 e. The zero-order valence-electron chi connectivity index (χ0n) is 89.8. The molecule has 9 aromatic carbocycles. The Morgan fingerprint density at radius 2 is 0.691 bits per heavy atom. The van der Waals surface area contributed by atoms with E-state index in [1.165, 1.54) is 4.90 Å². The van der Waals surface area contributed by atoms with Gasteiger partial charge in [0.1, 0.15) is 46.4 Å². The Balaban J connectivity index is 0.000000177. The monoisotopic (exact) mass is 2150 g/mol. The van der Waals surface area contributed by atoms with Gasteiger partial charge in [-0.3, -0.25) is 24.0 Å². The third-order valence-corrected chi connectivity index (χ3v) is 27.7. The van der Waals surface area contributed by atoms with Crippen LogP contribution in [0.25, 0.3) is 55.2 Å². The van der Waals surface area contributed by atoms with E-state index in [9.17, 15) is 37.1 Å². The second kappa shape index (κ2) is 55.9. The zero-order valence-corrected chi connectivity index (χ0v) is 94.3. The summed E-state index contributed by atoms with van der Waals surface area (Å²) in [7, 11) is 1.64. The Morgan fingerprint density at radius 3 is 1.04 bits per heavy atom. The lowest BCUT2D eigenvalue weighted by atomic mass is 10.1. The summed E-state index contributed by atoms with van der Waals surface area (Å²) in [4.78, 5) is 99.3. The molecule has 22 nitrogen and oxygen atoms in total. The number of benzene rings is 9. The molecular formula is C118H144Cl6F3N15O7. The van der Waals surface area contributed by atoms with Gasteiger partial charge in [-0.25, -0.2) is 38.1 Å². The number of imidazole rings is 5. The number of amides is 5. The predicted molar refractivity (Wildman–Crippen MR) is 601 cm³/mol. The number of methoxy groups -OCH3 is 1. The number of ether oxygens (including phenoxy) is 1. The normalized spacial score (nSPS) is 11.4. The van der Waals surface area contributed by atoms with E-state index in [0.717, 1.165) is 190 Å². The molecule has 0 bridgehead atoms. The number of halogens is 9. The smallest absolute Gasteiger partial charge is 0.289 e. The van der Waals surface area contributed by atoms with E-state index in [1.807, 2.05) is 212 Å². The van der Waals surface area contributed by atoms with E-state index in [-0.39, 0.29) is 30.2 Å². The number of nitrogens with zero attached hydrogens (tertiary/aromatic N) is 15. The van der Waals surface area contributed by atoms with Crippen molar-refractivity contribution < 1.29 is 46.3 Å². The average Bonchev–Trinajstić information content (AvgIpc) is 1.63. The van der Waals surface area contributed by atoms with Crippen LogP contribution in [0.15, 0.2) is 180 Å². The summed E-state index contributed by atoms with van der Waals surface area (Å²) in [5.74, 6) is 4.05. The molecule has 149 heavy (non-hydrogen) atoms. The number of fused-ring (bicyclic) bond motifs is 5. The number of furan rings is 1. The second-order valence-electron chi connectivity index (χ2n) is 40.2. The topological polar surface area (TPSA) is 213 Å². The molecule has 15 rings (SSSR count). The molecule has 796 valence electrons. The summed E-state index contributed by atoms with van der Waals surface area (Å²) < 4.78 is 63.1. The van der Waals surface area contributed by atoms with Crippen LogP contribution in [0.1, 0.15) is 260 Å². The number of carbonyl (C=O) groups is 5. The Hall–Kier alpha value is -11.7. The van der Waals surface area contributed by atoms with Crippen LogP contribution >= 0.6 is 69.6 Å². The molecule has 31 heteroatoms.